The first-order valence-electron chi connectivity index (χ1n) is 12.0. The van der Waals surface area contributed by atoms with E-state index in [1.165, 1.54) is 0 Å². The van der Waals surface area contributed by atoms with Gasteiger partial charge in [0.05, 0.1) is 22.6 Å². The molecular formula is C29H32N4O2. The molecule has 0 N–H and O–H groups in total. The number of likely N-dealkylation sites (N-methyl/N-ethyl adjacent to an activating group) is 1. The second-order valence-electron chi connectivity index (χ2n) is 9.06. The molecule has 0 spiro atoms. The molecule has 1 amide bonds. The van der Waals surface area contributed by atoms with Crippen molar-refractivity contribution < 1.29 is 4.79 Å². The van der Waals surface area contributed by atoms with Gasteiger partial charge in [0.1, 0.15) is 5.82 Å². The molecule has 3 aromatic carbocycles. The SMILES string of the molecule is CCC(c1nc2ccccc2c(=O)n1-c1ccccc1)N(CCN(C)C)C(=O)c1ccc(C)cc1. The van der Waals surface area contributed by atoms with Crippen molar-refractivity contribution in [2.24, 2.45) is 0 Å². The van der Waals surface area contributed by atoms with E-state index < -0.39 is 0 Å². The van der Waals surface area contributed by atoms with E-state index in [1.807, 2.05) is 106 Å². The molecular weight excluding hydrogens is 436 g/mol. The molecule has 6 heteroatoms. The van der Waals surface area contributed by atoms with Gasteiger partial charge in [-0.2, -0.15) is 0 Å². The average molecular weight is 469 g/mol. The summed E-state index contributed by atoms with van der Waals surface area (Å²) >= 11 is 0. The number of benzene rings is 3. The number of carbonyl (C=O) groups excluding carboxylic acids is 1. The van der Waals surface area contributed by atoms with E-state index in [-0.39, 0.29) is 17.5 Å². The van der Waals surface area contributed by atoms with Crippen LogP contribution in [0.2, 0.25) is 0 Å². The molecule has 4 rings (SSSR count). The molecule has 0 aliphatic heterocycles. The zero-order valence-electron chi connectivity index (χ0n) is 20.8. The van der Waals surface area contributed by atoms with Gasteiger partial charge in [0.2, 0.25) is 0 Å². The Balaban J connectivity index is 1.92. The minimum atomic E-state index is -0.388. The summed E-state index contributed by atoms with van der Waals surface area (Å²) in [6.45, 7) is 5.24. The van der Waals surface area contributed by atoms with Crippen LogP contribution in [0.25, 0.3) is 16.6 Å². The first-order valence-corrected chi connectivity index (χ1v) is 12.0. The van der Waals surface area contributed by atoms with Crippen LogP contribution < -0.4 is 5.56 Å². The smallest absolute Gasteiger partial charge is 0.266 e. The number of para-hydroxylation sites is 2. The first-order chi connectivity index (χ1) is 16.9. The van der Waals surface area contributed by atoms with Crippen LogP contribution in [-0.4, -0.2) is 52.4 Å². The summed E-state index contributed by atoms with van der Waals surface area (Å²) in [5.74, 6) is 0.502. The zero-order chi connectivity index (χ0) is 24.9. The van der Waals surface area contributed by atoms with E-state index in [0.717, 1.165) is 11.3 Å². The number of hydrogen-bond donors (Lipinski definition) is 0. The highest BCUT2D eigenvalue weighted by atomic mass is 16.2. The predicted molar refractivity (Wildman–Crippen MR) is 141 cm³/mol. The summed E-state index contributed by atoms with van der Waals surface area (Å²) in [7, 11) is 3.98. The number of hydrogen-bond acceptors (Lipinski definition) is 4. The summed E-state index contributed by atoms with van der Waals surface area (Å²) in [5.41, 5.74) is 2.96. The molecule has 0 saturated heterocycles. The van der Waals surface area contributed by atoms with Gasteiger partial charge >= 0.3 is 0 Å². The molecule has 1 heterocycles. The Hall–Kier alpha value is -3.77. The van der Waals surface area contributed by atoms with Crippen molar-refractivity contribution in [3.63, 3.8) is 0 Å². The molecule has 35 heavy (non-hydrogen) atoms. The second-order valence-corrected chi connectivity index (χ2v) is 9.06. The van der Waals surface area contributed by atoms with Crippen LogP contribution >= 0.6 is 0 Å². The van der Waals surface area contributed by atoms with E-state index in [4.69, 9.17) is 4.98 Å². The van der Waals surface area contributed by atoms with Gasteiger partial charge in [-0.25, -0.2) is 4.98 Å². The summed E-state index contributed by atoms with van der Waals surface area (Å²) in [4.78, 5) is 36.5. The van der Waals surface area contributed by atoms with Gasteiger partial charge < -0.3 is 9.80 Å². The fraction of sp³-hybridized carbons (Fsp3) is 0.276. The van der Waals surface area contributed by atoms with Crippen molar-refractivity contribution in [2.75, 3.05) is 27.2 Å². The molecule has 4 aromatic rings. The van der Waals surface area contributed by atoms with Gasteiger partial charge in [-0.3, -0.25) is 14.2 Å². The maximum absolute atomic E-state index is 13.8. The molecule has 0 fully saturated rings. The standard InChI is InChI=1S/C29H32N4O2/c1-5-26(32(20-19-31(3)4)28(34)22-17-15-21(2)16-18-22)27-30-25-14-10-9-13-24(25)29(35)33(27)23-11-7-6-8-12-23/h6-18,26H,5,19-20H2,1-4H3. The Morgan fingerprint density at radius 2 is 1.57 bits per heavy atom. The molecule has 0 saturated carbocycles. The normalized spacial score (nSPS) is 12.1. The van der Waals surface area contributed by atoms with Crippen molar-refractivity contribution >= 4 is 16.8 Å². The van der Waals surface area contributed by atoms with Gasteiger partial charge in [-0.05, 0) is 63.8 Å². The third-order valence-electron chi connectivity index (χ3n) is 6.22. The lowest BCUT2D eigenvalue weighted by molar-refractivity contribution is 0.0644. The third-order valence-corrected chi connectivity index (χ3v) is 6.22. The monoisotopic (exact) mass is 468 g/mol. The van der Waals surface area contributed by atoms with Crippen LogP contribution in [0.15, 0.2) is 83.7 Å². The van der Waals surface area contributed by atoms with Crippen molar-refractivity contribution in [2.45, 2.75) is 26.3 Å². The van der Waals surface area contributed by atoms with E-state index in [2.05, 4.69) is 4.90 Å². The van der Waals surface area contributed by atoms with Gasteiger partial charge in [-0.1, -0.05) is 55.0 Å². The van der Waals surface area contributed by atoms with E-state index in [1.54, 1.807) is 10.6 Å². The summed E-state index contributed by atoms with van der Waals surface area (Å²) in [6.07, 6.45) is 0.614. The summed E-state index contributed by atoms with van der Waals surface area (Å²) in [6, 6.07) is 24.2. The average Bonchev–Trinajstić information content (AvgIpc) is 2.87. The highest BCUT2D eigenvalue weighted by molar-refractivity contribution is 5.94. The minimum absolute atomic E-state index is 0.0688. The predicted octanol–water partition coefficient (Wildman–Crippen LogP) is 4.85. The maximum atomic E-state index is 13.8. The quantitative estimate of drug-likeness (QED) is 0.371. The minimum Gasteiger partial charge on any atom is -0.327 e. The molecule has 0 bridgehead atoms. The Morgan fingerprint density at radius 1 is 0.914 bits per heavy atom. The third kappa shape index (κ3) is 5.17. The Bertz CT molecular complexity index is 1360. The van der Waals surface area contributed by atoms with Crippen LogP contribution in [0.1, 0.15) is 41.1 Å². The van der Waals surface area contributed by atoms with Crippen molar-refractivity contribution in [3.8, 4) is 5.69 Å². The van der Waals surface area contributed by atoms with Crippen LogP contribution in [-0.2, 0) is 0 Å². The topological polar surface area (TPSA) is 58.4 Å². The fourth-order valence-corrected chi connectivity index (χ4v) is 4.31. The molecule has 180 valence electrons. The van der Waals surface area contributed by atoms with Crippen LogP contribution in [0.5, 0.6) is 0 Å². The number of aromatic nitrogens is 2. The van der Waals surface area contributed by atoms with Crippen molar-refractivity contribution in [1.29, 1.82) is 0 Å². The van der Waals surface area contributed by atoms with E-state index >= 15 is 0 Å². The molecule has 1 aromatic heterocycles. The first kappa shape index (κ1) is 24.4. The van der Waals surface area contributed by atoms with E-state index in [0.29, 0.717) is 41.8 Å². The number of rotatable bonds is 8. The highest BCUT2D eigenvalue weighted by Crippen LogP contribution is 2.27. The van der Waals surface area contributed by atoms with Gasteiger partial charge in [0, 0.05) is 18.7 Å². The molecule has 1 atom stereocenters. The lowest BCUT2D eigenvalue weighted by Crippen LogP contribution is -2.41. The van der Waals surface area contributed by atoms with Gasteiger partial charge in [-0.15, -0.1) is 0 Å². The number of amides is 1. The second kappa shape index (κ2) is 10.7. The van der Waals surface area contributed by atoms with Crippen LogP contribution in [0, 0.1) is 6.92 Å². The summed E-state index contributed by atoms with van der Waals surface area (Å²) in [5, 5.41) is 0.555. The van der Waals surface area contributed by atoms with Crippen molar-refractivity contribution in [3.05, 3.63) is 106 Å². The molecule has 0 aliphatic rings. The molecule has 0 radical (unpaired) electrons. The Labute approximate surface area is 206 Å². The van der Waals surface area contributed by atoms with E-state index in [9.17, 15) is 9.59 Å². The Morgan fingerprint density at radius 3 is 2.23 bits per heavy atom. The largest absolute Gasteiger partial charge is 0.327 e. The number of aryl methyl sites for hydroxylation is 1. The zero-order valence-corrected chi connectivity index (χ0v) is 20.8. The maximum Gasteiger partial charge on any atom is 0.266 e. The van der Waals surface area contributed by atoms with Crippen LogP contribution in [0.4, 0.5) is 0 Å². The fourth-order valence-electron chi connectivity index (χ4n) is 4.31. The number of fused-ring (bicyclic) bond motifs is 1. The number of carbonyl (C=O) groups is 1. The van der Waals surface area contributed by atoms with Crippen molar-refractivity contribution in [1.82, 2.24) is 19.4 Å². The number of nitrogens with zero attached hydrogens (tertiary/aromatic N) is 4. The van der Waals surface area contributed by atoms with Crippen LogP contribution in [0.3, 0.4) is 0 Å². The molecule has 6 nitrogen and oxygen atoms in total. The lowest BCUT2D eigenvalue weighted by Gasteiger charge is -2.33. The summed E-state index contributed by atoms with van der Waals surface area (Å²) < 4.78 is 1.67. The highest BCUT2D eigenvalue weighted by Gasteiger charge is 2.29. The van der Waals surface area contributed by atoms with Gasteiger partial charge in [0.25, 0.3) is 11.5 Å². The molecule has 0 aliphatic carbocycles. The Kier molecular flexibility index (Phi) is 7.42. The lowest BCUT2D eigenvalue weighted by atomic mass is 10.1. The van der Waals surface area contributed by atoms with Gasteiger partial charge in [0.15, 0.2) is 0 Å². The molecule has 1 unspecified atom stereocenters.